The van der Waals surface area contributed by atoms with Crippen LogP contribution in [0.25, 0.3) is 22.3 Å². The van der Waals surface area contributed by atoms with Crippen LogP contribution in [-0.2, 0) is 7.05 Å². The van der Waals surface area contributed by atoms with Crippen LogP contribution in [0.2, 0.25) is 0 Å². The first kappa shape index (κ1) is 16.3. The summed E-state index contributed by atoms with van der Waals surface area (Å²) in [6.45, 7) is 1.95. The van der Waals surface area contributed by atoms with Gasteiger partial charge in [0.25, 0.3) is 11.8 Å². The van der Waals surface area contributed by atoms with Crippen LogP contribution in [0.4, 0.5) is 5.69 Å². The topological polar surface area (TPSA) is 81.0 Å². The van der Waals surface area contributed by atoms with E-state index >= 15 is 0 Å². The van der Waals surface area contributed by atoms with E-state index in [1.165, 1.54) is 11.1 Å². The fraction of sp³-hybridized carbons (Fsp3) is 0.0952. The molecule has 0 unspecified atom stereocenters. The van der Waals surface area contributed by atoms with Crippen LogP contribution in [0.15, 0.2) is 55.0 Å². The smallest absolute Gasteiger partial charge is 0.267 e. The van der Waals surface area contributed by atoms with Crippen LogP contribution in [0.5, 0.6) is 0 Å². The molecule has 28 heavy (non-hydrogen) atoms. The Morgan fingerprint density at radius 2 is 1.75 bits per heavy atom. The van der Waals surface area contributed by atoms with Gasteiger partial charge in [0.1, 0.15) is 5.69 Å². The standard InChI is InChI=1S/C21H15N5O2/c1-12-5-7-14(8-6-12)26-20(27)15-11-23-19-17(16(15)21(26)28)18(24-25(19)2)13-4-3-9-22-10-13/h3-11H,1-2H3. The van der Waals surface area contributed by atoms with E-state index in [-0.39, 0.29) is 17.4 Å². The molecule has 0 aliphatic carbocycles. The highest BCUT2D eigenvalue weighted by Gasteiger charge is 2.40. The highest BCUT2D eigenvalue weighted by molar-refractivity contribution is 6.38. The number of rotatable bonds is 2. The van der Waals surface area contributed by atoms with Gasteiger partial charge in [0.15, 0.2) is 5.65 Å². The Morgan fingerprint density at radius 3 is 2.46 bits per heavy atom. The normalized spacial score (nSPS) is 13.4. The lowest BCUT2D eigenvalue weighted by Crippen LogP contribution is -2.29. The summed E-state index contributed by atoms with van der Waals surface area (Å²) in [5.41, 5.74) is 4.11. The predicted octanol–water partition coefficient (Wildman–Crippen LogP) is 3.14. The van der Waals surface area contributed by atoms with Gasteiger partial charge < -0.3 is 0 Å². The molecule has 4 aromatic rings. The first-order valence-corrected chi connectivity index (χ1v) is 8.78. The summed E-state index contributed by atoms with van der Waals surface area (Å²) in [5, 5.41) is 5.11. The lowest BCUT2D eigenvalue weighted by Gasteiger charge is -2.13. The van der Waals surface area contributed by atoms with Gasteiger partial charge >= 0.3 is 0 Å². The van der Waals surface area contributed by atoms with Gasteiger partial charge in [0.2, 0.25) is 0 Å². The average molecular weight is 369 g/mol. The molecule has 0 spiro atoms. The highest BCUT2D eigenvalue weighted by Crippen LogP contribution is 2.36. The fourth-order valence-electron chi connectivity index (χ4n) is 3.56. The minimum Gasteiger partial charge on any atom is -0.268 e. The summed E-state index contributed by atoms with van der Waals surface area (Å²) in [6.07, 6.45) is 4.81. The second-order valence-electron chi connectivity index (χ2n) is 6.74. The molecule has 0 saturated heterocycles. The molecule has 136 valence electrons. The minimum atomic E-state index is -0.376. The molecule has 2 amide bonds. The SMILES string of the molecule is Cc1ccc(N2C(=O)c3cnc4c(c(-c5cccnc5)nn4C)c3C2=O)cc1. The Labute approximate surface area is 160 Å². The molecule has 4 heterocycles. The maximum atomic E-state index is 13.3. The number of aryl methyl sites for hydroxylation is 2. The zero-order chi connectivity index (χ0) is 19.4. The van der Waals surface area contributed by atoms with Gasteiger partial charge in [-0.15, -0.1) is 0 Å². The molecule has 5 rings (SSSR count). The maximum absolute atomic E-state index is 13.3. The molecule has 7 nitrogen and oxygen atoms in total. The summed E-state index contributed by atoms with van der Waals surface area (Å²) in [6, 6.07) is 11.0. The van der Waals surface area contributed by atoms with E-state index in [9.17, 15) is 9.59 Å². The Kier molecular flexibility index (Phi) is 3.39. The number of imide groups is 1. The number of amides is 2. The van der Waals surface area contributed by atoms with Crippen molar-refractivity contribution in [3.05, 3.63) is 71.7 Å². The molecule has 1 aliphatic rings. The van der Waals surface area contributed by atoms with Crippen molar-refractivity contribution < 1.29 is 9.59 Å². The third kappa shape index (κ3) is 2.19. The molecule has 0 bridgehead atoms. The van der Waals surface area contributed by atoms with Gasteiger partial charge in [-0.25, -0.2) is 14.6 Å². The molecule has 0 radical (unpaired) electrons. The van der Waals surface area contributed by atoms with E-state index in [2.05, 4.69) is 15.1 Å². The molecule has 1 aromatic carbocycles. The average Bonchev–Trinajstić information content (AvgIpc) is 3.18. The van der Waals surface area contributed by atoms with Crippen molar-refractivity contribution in [2.75, 3.05) is 4.90 Å². The molecule has 1 aliphatic heterocycles. The Morgan fingerprint density at radius 1 is 0.964 bits per heavy atom. The summed E-state index contributed by atoms with van der Waals surface area (Å²) in [5.74, 6) is -0.742. The van der Waals surface area contributed by atoms with Gasteiger partial charge in [0, 0.05) is 31.2 Å². The Balaban J connectivity index is 1.77. The quantitative estimate of drug-likeness (QED) is 0.507. The third-order valence-corrected chi connectivity index (χ3v) is 4.93. The number of pyridine rings is 2. The molecule has 0 atom stereocenters. The van der Waals surface area contributed by atoms with E-state index in [0.717, 1.165) is 11.1 Å². The third-order valence-electron chi connectivity index (χ3n) is 4.93. The van der Waals surface area contributed by atoms with Gasteiger partial charge in [-0.1, -0.05) is 17.7 Å². The van der Waals surface area contributed by atoms with Crippen LogP contribution in [-0.4, -0.2) is 31.6 Å². The monoisotopic (exact) mass is 369 g/mol. The lowest BCUT2D eigenvalue weighted by molar-refractivity contribution is 0.0926. The van der Waals surface area contributed by atoms with Crippen molar-refractivity contribution in [1.82, 2.24) is 19.7 Å². The van der Waals surface area contributed by atoms with Crippen LogP contribution >= 0.6 is 0 Å². The number of hydrogen-bond donors (Lipinski definition) is 0. The molecule has 0 fully saturated rings. The zero-order valence-corrected chi connectivity index (χ0v) is 15.2. The number of nitrogens with zero attached hydrogens (tertiary/aromatic N) is 5. The number of carbonyl (C=O) groups is 2. The summed E-state index contributed by atoms with van der Waals surface area (Å²) in [4.78, 5) is 36.1. The molecule has 0 saturated carbocycles. The number of anilines is 1. The van der Waals surface area contributed by atoms with Crippen LogP contribution in [0, 0.1) is 6.92 Å². The largest absolute Gasteiger partial charge is 0.268 e. The van der Waals surface area contributed by atoms with Crippen molar-refractivity contribution in [2.24, 2.45) is 7.05 Å². The zero-order valence-electron chi connectivity index (χ0n) is 15.2. The number of fused-ring (bicyclic) bond motifs is 3. The first-order chi connectivity index (χ1) is 13.6. The Hall–Kier alpha value is -3.87. The van der Waals surface area contributed by atoms with Crippen molar-refractivity contribution in [3.63, 3.8) is 0 Å². The molecule has 3 aromatic heterocycles. The fourth-order valence-corrected chi connectivity index (χ4v) is 3.56. The first-order valence-electron chi connectivity index (χ1n) is 8.78. The van der Waals surface area contributed by atoms with Crippen molar-refractivity contribution in [1.29, 1.82) is 0 Å². The molecule has 0 N–H and O–H groups in total. The molecular weight excluding hydrogens is 354 g/mol. The van der Waals surface area contributed by atoms with Crippen molar-refractivity contribution in [2.45, 2.75) is 6.92 Å². The molecule has 7 heteroatoms. The van der Waals surface area contributed by atoms with Gasteiger partial charge in [-0.3, -0.25) is 14.6 Å². The van der Waals surface area contributed by atoms with Crippen LogP contribution < -0.4 is 4.90 Å². The van der Waals surface area contributed by atoms with Gasteiger partial charge in [-0.2, -0.15) is 5.10 Å². The highest BCUT2D eigenvalue weighted by atomic mass is 16.2. The van der Waals surface area contributed by atoms with Crippen LogP contribution in [0.3, 0.4) is 0 Å². The van der Waals surface area contributed by atoms with Crippen molar-refractivity contribution >= 4 is 28.5 Å². The lowest BCUT2D eigenvalue weighted by atomic mass is 10.0. The van der Waals surface area contributed by atoms with Crippen LogP contribution in [0.1, 0.15) is 26.3 Å². The van der Waals surface area contributed by atoms with E-state index in [0.29, 0.717) is 28.0 Å². The van der Waals surface area contributed by atoms with E-state index in [1.807, 2.05) is 25.1 Å². The number of aromatic nitrogens is 4. The van der Waals surface area contributed by atoms with Gasteiger partial charge in [-0.05, 0) is 31.2 Å². The summed E-state index contributed by atoms with van der Waals surface area (Å²) in [7, 11) is 1.76. The van der Waals surface area contributed by atoms with Crippen molar-refractivity contribution in [3.8, 4) is 11.3 Å². The maximum Gasteiger partial charge on any atom is 0.267 e. The summed E-state index contributed by atoms with van der Waals surface area (Å²) < 4.78 is 1.62. The van der Waals surface area contributed by atoms with Gasteiger partial charge in [0.05, 0.1) is 22.2 Å². The minimum absolute atomic E-state index is 0.288. The second kappa shape index (κ2) is 5.82. The summed E-state index contributed by atoms with van der Waals surface area (Å²) >= 11 is 0. The number of benzene rings is 1. The predicted molar refractivity (Wildman–Crippen MR) is 104 cm³/mol. The van der Waals surface area contributed by atoms with E-state index in [4.69, 9.17) is 0 Å². The van der Waals surface area contributed by atoms with E-state index in [1.54, 1.807) is 42.3 Å². The number of carbonyl (C=O) groups excluding carboxylic acids is 2. The van der Waals surface area contributed by atoms with E-state index < -0.39 is 0 Å². The molecular formula is C21H15N5O2. The Bertz CT molecular complexity index is 1260. The second-order valence-corrected chi connectivity index (χ2v) is 6.74. The number of hydrogen-bond acceptors (Lipinski definition) is 5.